The molecule has 0 radical (unpaired) electrons. The van der Waals surface area contributed by atoms with Crippen LogP contribution in [0, 0.1) is 24.5 Å². The van der Waals surface area contributed by atoms with Crippen molar-refractivity contribution in [1.29, 1.82) is 0 Å². The number of nitrogens with one attached hydrogen (secondary N) is 1. The van der Waals surface area contributed by atoms with Gasteiger partial charge < -0.3 is 10.4 Å². The minimum Gasteiger partial charge on any atom is -0.396 e. The molecule has 0 spiro atoms. The fourth-order valence-corrected chi connectivity index (χ4v) is 1.80. The van der Waals surface area contributed by atoms with E-state index in [1.54, 1.807) is 6.92 Å². The number of aliphatic hydroxyl groups excluding tert-OH is 1. The van der Waals surface area contributed by atoms with Gasteiger partial charge in [0.2, 0.25) is 0 Å². The van der Waals surface area contributed by atoms with Gasteiger partial charge in [-0.15, -0.1) is 0 Å². The summed E-state index contributed by atoms with van der Waals surface area (Å²) in [4.78, 5) is 0. The van der Waals surface area contributed by atoms with Gasteiger partial charge in [0.05, 0.1) is 0 Å². The third kappa shape index (κ3) is 3.50. The molecule has 0 fully saturated rings. The van der Waals surface area contributed by atoms with Crippen LogP contribution in [0.4, 0.5) is 8.78 Å². The van der Waals surface area contributed by atoms with Crippen molar-refractivity contribution in [3.05, 3.63) is 34.9 Å². The van der Waals surface area contributed by atoms with Gasteiger partial charge in [0, 0.05) is 24.3 Å². The third-order valence-electron chi connectivity index (χ3n) is 3.40. The summed E-state index contributed by atoms with van der Waals surface area (Å²) in [6, 6.07) is 2.17. The van der Waals surface area contributed by atoms with Crippen molar-refractivity contribution in [2.24, 2.45) is 5.92 Å². The van der Waals surface area contributed by atoms with Crippen LogP contribution in [-0.2, 0) is 0 Å². The van der Waals surface area contributed by atoms with Gasteiger partial charge in [-0.25, -0.2) is 8.78 Å². The highest BCUT2D eigenvalue weighted by Gasteiger charge is 2.18. The standard InChI is InChI=1S/C14H21F2NO/c1-8-5-14(16)12(6-13(8)15)11(4)17-10(3)9(2)7-18/h5-6,9-11,17-18H,7H2,1-4H3. The number of benzene rings is 1. The molecule has 0 saturated heterocycles. The fraction of sp³-hybridized carbons (Fsp3) is 0.571. The van der Waals surface area contributed by atoms with Crippen LogP contribution in [0.1, 0.15) is 37.9 Å². The molecule has 0 amide bonds. The molecule has 1 aromatic carbocycles. The summed E-state index contributed by atoms with van der Waals surface area (Å²) in [7, 11) is 0. The molecular formula is C14H21F2NO. The van der Waals surface area contributed by atoms with Gasteiger partial charge in [0.25, 0.3) is 0 Å². The van der Waals surface area contributed by atoms with E-state index in [9.17, 15) is 8.78 Å². The van der Waals surface area contributed by atoms with Crippen molar-refractivity contribution in [3.8, 4) is 0 Å². The van der Waals surface area contributed by atoms with Gasteiger partial charge in [-0.3, -0.25) is 0 Å². The molecule has 0 heterocycles. The first kappa shape index (κ1) is 15.1. The molecule has 2 N–H and O–H groups in total. The van der Waals surface area contributed by atoms with E-state index in [2.05, 4.69) is 5.32 Å². The van der Waals surface area contributed by atoms with Crippen LogP contribution < -0.4 is 5.32 Å². The maximum atomic E-state index is 13.8. The summed E-state index contributed by atoms with van der Waals surface area (Å²) in [5, 5.41) is 12.2. The van der Waals surface area contributed by atoms with Crippen molar-refractivity contribution in [3.63, 3.8) is 0 Å². The lowest BCUT2D eigenvalue weighted by atomic mass is 10.0. The van der Waals surface area contributed by atoms with Crippen molar-refractivity contribution >= 4 is 0 Å². The quantitative estimate of drug-likeness (QED) is 0.850. The van der Waals surface area contributed by atoms with E-state index in [-0.39, 0.29) is 24.6 Å². The normalized spacial score (nSPS) is 16.4. The number of aliphatic hydroxyl groups is 1. The lowest BCUT2D eigenvalue weighted by molar-refractivity contribution is 0.202. The maximum Gasteiger partial charge on any atom is 0.128 e. The zero-order valence-electron chi connectivity index (χ0n) is 11.3. The largest absolute Gasteiger partial charge is 0.396 e. The average Bonchev–Trinajstić information content (AvgIpc) is 2.32. The van der Waals surface area contributed by atoms with E-state index in [0.717, 1.165) is 0 Å². The molecule has 0 aliphatic rings. The van der Waals surface area contributed by atoms with E-state index < -0.39 is 11.6 Å². The number of hydrogen-bond acceptors (Lipinski definition) is 2. The van der Waals surface area contributed by atoms with Crippen molar-refractivity contribution < 1.29 is 13.9 Å². The Kier molecular flexibility index (Phi) is 5.23. The van der Waals surface area contributed by atoms with Crippen LogP contribution >= 0.6 is 0 Å². The van der Waals surface area contributed by atoms with E-state index in [0.29, 0.717) is 11.1 Å². The Balaban J connectivity index is 2.84. The minimum absolute atomic E-state index is 0.0220. The lowest BCUT2D eigenvalue weighted by Crippen LogP contribution is -2.36. The van der Waals surface area contributed by atoms with Gasteiger partial charge in [0.15, 0.2) is 0 Å². The van der Waals surface area contributed by atoms with Gasteiger partial charge in [-0.1, -0.05) is 6.92 Å². The SMILES string of the molecule is Cc1cc(F)c(C(C)NC(C)C(C)CO)cc1F. The summed E-state index contributed by atoms with van der Waals surface area (Å²) in [6.45, 7) is 7.20. The molecule has 3 unspecified atom stereocenters. The summed E-state index contributed by atoms with van der Waals surface area (Å²) in [5.74, 6) is -0.744. The van der Waals surface area contributed by atoms with E-state index in [1.807, 2.05) is 13.8 Å². The topological polar surface area (TPSA) is 32.3 Å². The maximum absolute atomic E-state index is 13.8. The second-order valence-electron chi connectivity index (χ2n) is 4.96. The Hall–Kier alpha value is -1.00. The van der Waals surface area contributed by atoms with Gasteiger partial charge in [0.1, 0.15) is 11.6 Å². The van der Waals surface area contributed by atoms with E-state index in [4.69, 9.17) is 5.11 Å². The molecule has 0 aromatic heterocycles. The second-order valence-corrected chi connectivity index (χ2v) is 4.96. The summed E-state index contributed by atoms with van der Waals surface area (Å²) in [6.07, 6.45) is 0. The van der Waals surface area contributed by atoms with Crippen LogP contribution in [0.3, 0.4) is 0 Å². The molecule has 0 saturated carbocycles. The number of aryl methyl sites for hydroxylation is 1. The molecule has 0 bridgehead atoms. The molecule has 18 heavy (non-hydrogen) atoms. The number of hydrogen-bond donors (Lipinski definition) is 2. The lowest BCUT2D eigenvalue weighted by Gasteiger charge is -2.24. The Morgan fingerprint density at radius 3 is 2.33 bits per heavy atom. The van der Waals surface area contributed by atoms with Crippen LogP contribution in [0.15, 0.2) is 12.1 Å². The first-order valence-electron chi connectivity index (χ1n) is 6.19. The Bertz CT molecular complexity index is 409. The summed E-state index contributed by atoms with van der Waals surface area (Å²) < 4.78 is 27.2. The first-order valence-corrected chi connectivity index (χ1v) is 6.19. The minimum atomic E-state index is -0.405. The van der Waals surface area contributed by atoms with Gasteiger partial charge in [-0.2, -0.15) is 0 Å². The van der Waals surface area contributed by atoms with Crippen LogP contribution in [-0.4, -0.2) is 17.8 Å². The fourth-order valence-electron chi connectivity index (χ4n) is 1.80. The molecule has 0 aliphatic heterocycles. The van der Waals surface area contributed by atoms with E-state index >= 15 is 0 Å². The van der Waals surface area contributed by atoms with Crippen LogP contribution in [0.5, 0.6) is 0 Å². The zero-order chi connectivity index (χ0) is 13.9. The van der Waals surface area contributed by atoms with Crippen molar-refractivity contribution in [1.82, 2.24) is 5.32 Å². The molecule has 1 rings (SSSR count). The molecule has 1 aromatic rings. The van der Waals surface area contributed by atoms with Crippen molar-refractivity contribution in [2.45, 2.75) is 39.8 Å². The van der Waals surface area contributed by atoms with E-state index in [1.165, 1.54) is 19.1 Å². The highest BCUT2D eigenvalue weighted by molar-refractivity contribution is 5.27. The zero-order valence-corrected chi connectivity index (χ0v) is 11.3. The summed E-state index contributed by atoms with van der Waals surface area (Å²) >= 11 is 0. The van der Waals surface area contributed by atoms with Crippen molar-refractivity contribution in [2.75, 3.05) is 6.61 Å². The van der Waals surface area contributed by atoms with Crippen LogP contribution in [0.2, 0.25) is 0 Å². The Morgan fingerprint density at radius 2 is 1.78 bits per heavy atom. The highest BCUT2D eigenvalue weighted by Crippen LogP contribution is 2.21. The molecule has 3 atom stereocenters. The molecule has 2 nitrogen and oxygen atoms in total. The smallest absolute Gasteiger partial charge is 0.128 e. The Morgan fingerprint density at radius 1 is 1.17 bits per heavy atom. The second kappa shape index (κ2) is 6.25. The third-order valence-corrected chi connectivity index (χ3v) is 3.40. The number of rotatable bonds is 5. The average molecular weight is 257 g/mol. The van der Waals surface area contributed by atoms with Crippen LogP contribution in [0.25, 0.3) is 0 Å². The Labute approximate surface area is 107 Å². The molecule has 102 valence electrons. The van der Waals surface area contributed by atoms with Gasteiger partial charge in [-0.05, 0) is 44.4 Å². The highest BCUT2D eigenvalue weighted by atomic mass is 19.1. The monoisotopic (exact) mass is 257 g/mol. The first-order chi connectivity index (χ1) is 8.36. The predicted octanol–water partition coefficient (Wildman–Crippen LogP) is 2.94. The number of halogens is 2. The molecule has 0 aliphatic carbocycles. The molecule has 4 heteroatoms. The predicted molar refractivity (Wildman–Crippen MR) is 68.4 cm³/mol. The van der Waals surface area contributed by atoms with Gasteiger partial charge >= 0.3 is 0 Å². The summed E-state index contributed by atoms with van der Waals surface area (Å²) in [5.41, 5.74) is 0.621. The molecular weight excluding hydrogens is 236 g/mol.